The van der Waals surface area contributed by atoms with Crippen molar-refractivity contribution >= 4 is 17.7 Å². The number of nitro groups is 1. The van der Waals surface area contributed by atoms with Crippen LogP contribution in [0.15, 0.2) is 0 Å². The molecule has 2 fully saturated rings. The molecule has 1 heterocycles. The van der Waals surface area contributed by atoms with Crippen molar-refractivity contribution in [1.29, 1.82) is 0 Å². The molecule has 6 heteroatoms. The quantitative estimate of drug-likeness (QED) is 0.571. The summed E-state index contributed by atoms with van der Waals surface area (Å²) in [5.41, 5.74) is 0. The third-order valence-corrected chi connectivity index (χ3v) is 3.98. The van der Waals surface area contributed by atoms with Crippen molar-refractivity contribution in [3.63, 3.8) is 0 Å². The van der Waals surface area contributed by atoms with Gasteiger partial charge in [0.2, 0.25) is 11.9 Å². The van der Waals surface area contributed by atoms with E-state index < -0.39 is 6.04 Å². The van der Waals surface area contributed by atoms with Gasteiger partial charge in [0.1, 0.15) is 5.92 Å². The molecule has 2 aliphatic rings. The lowest BCUT2D eigenvalue weighted by molar-refractivity contribution is -0.497. The number of amides is 1. The number of nitrogens with zero attached hydrogens (tertiary/aromatic N) is 1. The zero-order valence-electron chi connectivity index (χ0n) is 8.35. The summed E-state index contributed by atoms with van der Waals surface area (Å²) in [4.78, 5) is 21.6. The van der Waals surface area contributed by atoms with E-state index in [4.69, 9.17) is 0 Å². The van der Waals surface area contributed by atoms with E-state index in [0.29, 0.717) is 6.42 Å². The van der Waals surface area contributed by atoms with Gasteiger partial charge in [0.25, 0.3) is 0 Å². The molecule has 0 aromatic heterocycles. The summed E-state index contributed by atoms with van der Waals surface area (Å²) >= 11 is 1.90. The van der Waals surface area contributed by atoms with Crippen molar-refractivity contribution in [3.8, 4) is 0 Å². The van der Waals surface area contributed by atoms with Gasteiger partial charge in [-0.05, 0) is 24.3 Å². The summed E-state index contributed by atoms with van der Waals surface area (Å²) in [5, 5.41) is 13.3. The number of hydrogen-bond donors (Lipinski definition) is 1. The Morgan fingerprint density at radius 2 is 2.07 bits per heavy atom. The van der Waals surface area contributed by atoms with Crippen LogP contribution < -0.4 is 5.32 Å². The largest absolute Gasteiger partial charge is 0.353 e. The van der Waals surface area contributed by atoms with Crippen LogP contribution >= 0.6 is 11.8 Å². The standard InChI is InChI=1S/C9H14N2O3S/c12-9(7-5-8(7)11(13)14)10-6-1-3-15-4-2-6/h6-8H,1-5H2,(H,10,12)/t7-,8-/m1/s1. The minimum atomic E-state index is -0.622. The van der Waals surface area contributed by atoms with Gasteiger partial charge in [-0.2, -0.15) is 11.8 Å². The fourth-order valence-electron chi connectivity index (χ4n) is 1.85. The Bertz CT molecular complexity index is 279. The van der Waals surface area contributed by atoms with Crippen LogP contribution in [0.2, 0.25) is 0 Å². The molecule has 15 heavy (non-hydrogen) atoms. The fraction of sp³-hybridized carbons (Fsp3) is 0.889. The number of rotatable bonds is 3. The van der Waals surface area contributed by atoms with Gasteiger partial charge in [-0.25, -0.2) is 0 Å². The van der Waals surface area contributed by atoms with Crippen LogP contribution in [0.5, 0.6) is 0 Å². The summed E-state index contributed by atoms with van der Waals surface area (Å²) in [6.07, 6.45) is 2.40. The monoisotopic (exact) mass is 230 g/mol. The smallest absolute Gasteiger partial charge is 0.230 e. The molecule has 1 N–H and O–H groups in total. The van der Waals surface area contributed by atoms with E-state index in [1.54, 1.807) is 0 Å². The van der Waals surface area contributed by atoms with Crippen molar-refractivity contribution in [2.75, 3.05) is 11.5 Å². The topological polar surface area (TPSA) is 72.2 Å². The van der Waals surface area contributed by atoms with E-state index >= 15 is 0 Å². The SMILES string of the molecule is O=C(NC1CCSCC1)[C@@H]1C[C@H]1[N+](=O)[O-]. The van der Waals surface area contributed by atoms with E-state index in [0.717, 1.165) is 24.3 Å². The maximum atomic E-state index is 11.6. The molecule has 0 unspecified atom stereocenters. The zero-order chi connectivity index (χ0) is 10.8. The van der Waals surface area contributed by atoms with Gasteiger partial charge >= 0.3 is 0 Å². The van der Waals surface area contributed by atoms with Crippen molar-refractivity contribution in [2.45, 2.75) is 31.3 Å². The van der Waals surface area contributed by atoms with Gasteiger partial charge in [0.15, 0.2) is 0 Å². The van der Waals surface area contributed by atoms with Crippen LogP contribution in [0.25, 0.3) is 0 Å². The van der Waals surface area contributed by atoms with E-state index in [9.17, 15) is 14.9 Å². The van der Waals surface area contributed by atoms with Gasteiger partial charge in [-0.3, -0.25) is 14.9 Å². The lowest BCUT2D eigenvalue weighted by Crippen LogP contribution is -2.39. The summed E-state index contributed by atoms with van der Waals surface area (Å²) < 4.78 is 0. The average Bonchev–Trinajstić information content (AvgIpc) is 2.98. The van der Waals surface area contributed by atoms with Gasteiger partial charge < -0.3 is 5.32 Å². The van der Waals surface area contributed by atoms with Crippen molar-refractivity contribution in [3.05, 3.63) is 10.1 Å². The van der Waals surface area contributed by atoms with Gasteiger partial charge in [-0.15, -0.1) is 0 Å². The molecule has 1 aliphatic carbocycles. The second-order valence-electron chi connectivity index (χ2n) is 4.09. The van der Waals surface area contributed by atoms with Crippen molar-refractivity contribution in [2.24, 2.45) is 5.92 Å². The Labute approximate surface area is 92.1 Å². The Balaban J connectivity index is 1.75. The molecular weight excluding hydrogens is 216 g/mol. The number of carbonyl (C=O) groups excluding carboxylic acids is 1. The fourth-order valence-corrected chi connectivity index (χ4v) is 2.95. The number of thioether (sulfide) groups is 1. The third kappa shape index (κ3) is 2.62. The first-order valence-corrected chi connectivity index (χ1v) is 6.35. The first-order chi connectivity index (χ1) is 7.18. The second-order valence-corrected chi connectivity index (χ2v) is 5.31. The molecule has 0 radical (unpaired) electrons. The first-order valence-electron chi connectivity index (χ1n) is 5.20. The van der Waals surface area contributed by atoms with Crippen LogP contribution in [-0.2, 0) is 4.79 Å². The van der Waals surface area contributed by atoms with Crippen LogP contribution in [0, 0.1) is 16.0 Å². The van der Waals surface area contributed by atoms with E-state index in [1.165, 1.54) is 0 Å². The maximum absolute atomic E-state index is 11.6. The highest BCUT2D eigenvalue weighted by atomic mass is 32.2. The average molecular weight is 230 g/mol. The summed E-state index contributed by atoms with van der Waals surface area (Å²) in [5.74, 6) is 1.67. The predicted octanol–water partition coefficient (Wildman–Crippen LogP) is 0.663. The number of nitrogens with one attached hydrogen (secondary N) is 1. The van der Waals surface area contributed by atoms with Crippen LogP contribution in [0.3, 0.4) is 0 Å². The number of carbonyl (C=O) groups is 1. The lowest BCUT2D eigenvalue weighted by atomic mass is 10.1. The molecule has 0 bridgehead atoms. The summed E-state index contributed by atoms with van der Waals surface area (Å²) in [6.45, 7) is 0. The molecule has 0 aromatic rings. The van der Waals surface area contributed by atoms with E-state index in [1.807, 2.05) is 11.8 Å². The van der Waals surface area contributed by atoms with Crippen LogP contribution in [0.4, 0.5) is 0 Å². The van der Waals surface area contributed by atoms with E-state index in [2.05, 4.69) is 5.32 Å². The minimum Gasteiger partial charge on any atom is -0.353 e. The molecule has 2 rings (SSSR count). The van der Waals surface area contributed by atoms with E-state index in [-0.39, 0.29) is 22.8 Å². The Morgan fingerprint density at radius 3 is 2.60 bits per heavy atom. The molecular formula is C9H14N2O3S. The van der Waals surface area contributed by atoms with Crippen molar-refractivity contribution < 1.29 is 9.72 Å². The Hall–Kier alpha value is -0.780. The van der Waals surface area contributed by atoms with Crippen LogP contribution in [-0.4, -0.2) is 34.4 Å². The maximum Gasteiger partial charge on any atom is 0.230 e. The highest BCUT2D eigenvalue weighted by Gasteiger charge is 2.53. The molecule has 0 spiro atoms. The van der Waals surface area contributed by atoms with Gasteiger partial charge in [0, 0.05) is 17.4 Å². The molecule has 5 nitrogen and oxygen atoms in total. The Kier molecular flexibility index (Phi) is 3.14. The normalized spacial score (nSPS) is 30.9. The zero-order valence-corrected chi connectivity index (χ0v) is 9.16. The molecule has 0 aromatic carbocycles. The van der Waals surface area contributed by atoms with Gasteiger partial charge in [-0.1, -0.05) is 0 Å². The highest BCUT2D eigenvalue weighted by molar-refractivity contribution is 7.99. The predicted molar refractivity (Wildman–Crippen MR) is 57.4 cm³/mol. The van der Waals surface area contributed by atoms with Gasteiger partial charge in [0.05, 0.1) is 0 Å². The first kappa shape index (κ1) is 10.7. The van der Waals surface area contributed by atoms with Crippen molar-refractivity contribution in [1.82, 2.24) is 5.32 Å². The molecule has 1 saturated carbocycles. The highest BCUT2D eigenvalue weighted by Crippen LogP contribution is 2.33. The Morgan fingerprint density at radius 1 is 1.40 bits per heavy atom. The molecule has 1 saturated heterocycles. The number of hydrogen-bond acceptors (Lipinski definition) is 4. The minimum absolute atomic E-state index is 0.117. The second kappa shape index (κ2) is 4.38. The third-order valence-electron chi connectivity index (χ3n) is 2.93. The molecule has 2 atom stereocenters. The lowest BCUT2D eigenvalue weighted by Gasteiger charge is -2.22. The molecule has 1 amide bonds. The summed E-state index contributed by atoms with van der Waals surface area (Å²) in [7, 11) is 0. The molecule has 1 aliphatic heterocycles. The van der Waals surface area contributed by atoms with Crippen LogP contribution in [0.1, 0.15) is 19.3 Å². The summed E-state index contributed by atoms with van der Waals surface area (Å²) in [6, 6.07) is -0.380. The molecule has 84 valence electrons.